The van der Waals surface area contributed by atoms with Crippen LogP contribution in [0.4, 0.5) is 9.18 Å². The maximum absolute atomic E-state index is 13.1. The molecule has 3 atom stereocenters. The van der Waals surface area contributed by atoms with Crippen molar-refractivity contribution in [3.8, 4) is 0 Å². The van der Waals surface area contributed by atoms with Crippen molar-refractivity contribution in [1.82, 2.24) is 10.2 Å². The zero-order valence-electron chi connectivity index (χ0n) is 12.0. The molecule has 3 aliphatic rings. The molecule has 3 fully saturated rings. The molecule has 2 bridgehead atoms. The number of carbonyl (C=O) groups is 1. The standard InChI is InChI=1S/C16H21FN2O2/c17-14-3-1-2-11(7-14)8-18-16(21)19-9-12-4-5-15(19)13(6-12)10-20/h1-3,7,12-13,15,20H,4-6,8-10H2,(H,18,21). The zero-order chi connectivity index (χ0) is 14.8. The van der Waals surface area contributed by atoms with Gasteiger partial charge in [0.05, 0.1) is 0 Å². The van der Waals surface area contributed by atoms with E-state index in [2.05, 4.69) is 5.32 Å². The minimum Gasteiger partial charge on any atom is -0.396 e. The van der Waals surface area contributed by atoms with Crippen molar-refractivity contribution >= 4 is 6.03 Å². The number of piperidine rings is 2. The lowest BCUT2D eigenvalue weighted by atomic mass is 9.73. The Morgan fingerprint density at radius 3 is 3.00 bits per heavy atom. The summed E-state index contributed by atoms with van der Waals surface area (Å²) in [6.07, 6.45) is 3.15. The number of carbonyl (C=O) groups excluding carboxylic acids is 1. The Kier molecular flexibility index (Phi) is 4.10. The number of halogens is 1. The monoisotopic (exact) mass is 292 g/mol. The Morgan fingerprint density at radius 2 is 2.29 bits per heavy atom. The first-order chi connectivity index (χ1) is 10.2. The second-order valence-electron chi connectivity index (χ2n) is 6.13. The van der Waals surface area contributed by atoms with Gasteiger partial charge in [-0.25, -0.2) is 9.18 Å². The summed E-state index contributed by atoms with van der Waals surface area (Å²) in [7, 11) is 0. The quantitative estimate of drug-likeness (QED) is 0.896. The minimum atomic E-state index is -0.292. The number of aliphatic hydroxyl groups excluding tert-OH is 1. The van der Waals surface area contributed by atoms with Crippen LogP contribution in [0, 0.1) is 17.7 Å². The molecule has 2 heterocycles. The zero-order valence-corrected chi connectivity index (χ0v) is 12.0. The van der Waals surface area contributed by atoms with Crippen LogP contribution in [-0.4, -0.2) is 35.2 Å². The molecular formula is C16H21FN2O2. The average Bonchev–Trinajstić information content (AvgIpc) is 2.53. The van der Waals surface area contributed by atoms with Gasteiger partial charge < -0.3 is 15.3 Å². The predicted molar refractivity (Wildman–Crippen MR) is 77.0 cm³/mol. The Bertz CT molecular complexity index is 523. The summed E-state index contributed by atoms with van der Waals surface area (Å²) in [5.41, 5.74) is 0.754. The van der Waals surface area contributed by atoms with Crippen LogP contribution in [0.5, 0.6) is 0 Å². The van der Waals surface area contributed by atoms with Crippen LogP contribution in [0.2, 0.25) is 0 Å². The molecule has 2 saturated heterocycles. The Morgan fingerprint density at radius 1 is 1.43 bits per heavy atom. The summed E-state index contributed by atoms with van der Waals surface area (Å²) in [4.78, 5) is 14.2. The number of nitrogens with one attached hydrogen (secondary N) is 1. The molecule has 0 radical (unpaired) electrons. The molecule has 3 unspecified atom stereocenters. The summed E-state index contributed by atoms with van der Waals surface area (Å²) in [5, 5.41) is 12.3. The molecule has 4 rings (SSSR count). The van der Waals surface area contributed by atoms with Crippen LogP contribution in [0.3, 0.4) is 0 Å². The number of aliphatic hydroxyl groups is 1. The highest BCUT2D eigenvalue weighted by Gasteiger charge is 2.42. The van der Waals surface area contributed by atoms with E-state index in [1.54, 1.807) is 12.1 Å². The highest BCUT2D eigenvalue weighted by molar-refractivity contribution is 5.75. The van der Waals surface area contributed by atoms with Crippen LogP contribution < -0.4 is 5.32 Å². The number of fused-ring (bicyclic) bond motifs is 3. The van der Waals surface area contributed by atoms with Crippen LogP contribution in [0.25, 0.3) is 0 Å². The van der Waals surface area contributed by atoms with Gasteiger partial charge in [0.25, 0.3) is 0 Å². The van der Waals surface area contributed by atoms with E-state index in [0.29, 0.717) is 12.5 Å². The summed E-state index contributed by atoms with van der Waals surface area (Å²) in [6.45, 7) is 1.25. The number of amides is 2. The number of hydrogen-bond acceptors (Lipinski definition) is 2. The van der Waals surface area contributed by atoms with E-state index in [1.165, 1.54) is 12.1 Å². The molecule has 114 valence electrons. The minimum absolute atomic E-state index is 0.105. The average molecular weight is 292 g/mol. The Hall–Kier alpha value is -1.62. The van der Waals surface area contributed by atoms with Crippen molar-refractivity contribution in [2.45, 2.75) is 31.8 Å². The highest BCUT2D eigenvalue weighted by Crippen LogP contribution is 2.38. The van der Waals surface area contributed by atoms with E-state index in [1.807, 2.05) is 4.90 Å². The van der Waals surface area contributed by atoms with Crippen molar-refractivity contribution in [3.63, 3.8) is 0 Å². The Balaban J connectivity index is 1.60. The molecule has 1 saturated carbocycles. The van der Waals surface area contributed by atoms with Crippen LogP contribution >= 0.6 is 0 Å². The fourth-order valence-electron chi connectivity index (χ4n) is 3.69. The third-order valence-electron chi connectivity index (χ3n) is 4.73. The summed E-state index contributed by atoms with van der Waals surface area (Å²) < 4.78 is 13.1. The van der Waals surface area contributed by atoms with Gasteiger partial charge >= 0.3 is 6.03 Å². The van der Waals surface area contributed by atoms with Crippen molar-refractivity contribution < 1.29 is 14.3 Å². The van der Waals surface area contributed by atoms with E-state index in [-0.39, 0.29) is 30.4 Å². The van der Waals surface area contributed by atoms with Gasteiger partial charge in [0.1, 0.15) is 5.82 Å². The molecule has 0 aromatic heterocycles. The fraction of sp³-hybridized carbons (Fsp3) is 0.562. The van der Waals surface area contributed by atoms with Crippen LogP contribution in [0.15, 0.2) is 24.3 Å². The third-order valence-corrected chi connectivity index (χ3v) is 4.73. The second-order valence-corrected chi connectivity index (χ2v) is 6.13. The van der Waals surface area contributed by atoms with Gasteiger partial charge in [0, 0.05) is 31.7 Å². The van der Waals surface area contributed by atoms with Gasteiger partial charge in [-0.2, -0.15) is 0 Å². The molecule has 2 amide bonds. The lowest BCUT2D eigenvalue weighted by Crippen LogP contribution is -2.58. The normalized spacial score (nSPS) is 27.7. The smallest absolute Gasteiger partial charge is 0.317 e. The molecule has 2 N–H and O–H groups in total. The first-order valence-electron chi connectivity index (χ1n) is 7.57. The summed E-state index contributed by atoms with van der Waals surface area (Å²) in [5.74, 6) is 0.420. The lowest BCUT2D eigenvalue weighted by molar-refractivity contribution is 0.00388. The molecule has 21 heavy (non-hydrogen) atoms. The van der Waals surface area contributed by atoms with E-state index in [4.69, 9.17) is 0 Å². The summed E-state index contributed by atoms with van der Waals surface area (Å²) >= 11 is 0. The molecule has 0 spiro atoms. The van der Waals surface area contributed by atoms with Gasteiger partial charge in [-0.05, 0) is 42.9 Å². The predicted octanol–water partition coefficient (Wildman–Crippen LogP) is 2.13. The van der Waals surface area contributed by atoms with E-state index in [9.17, 15) is 14.3 Å². The van der Waals surface area contributed by atoms with Crippen molar-refractivity contribution in [2.24, 2.45) is 11.8 Å². The van der Waals surface area contributed by atoms with Crippen molar-refractivity contribution in [2.75, 3.05) is 13.2 Å². The maximum Gasteiger partial charge on any atom is 0.317 e. The first kappa shape index (κ1) is 14.3. The van der Waals surface area contributed by atoms with E-state index >= 15 is 0 Å². The lowest BCUT2D eigenvalue weighted by Gasteiger charge is -2.49. The van der Waals surface area contributed by atoms with Crippen molar-refractivity contribution in [1.29, 1.82) is 0 Å². The molecule has 1 aliphatic carbocycles. The first-order valence-corrected chi connectivity index (χ1v) is 7.57. The van der Waals surface area contributed by atoms with Crippen LogP contribution in [0.1, 0.15) is 24.8 Å². The van der Waals surface area contributed by atoms with Gasteiger partial charge in [-0.1, -0.05) is 12.1 Å². The number of benzene rings is 1. The second kappa shape index (κ2) is 6.02. The Labute approximate surface area is 124 Å². The molecule has 2 aliphatic heterocycles. The van der Waals surface area contributed by atoms with Gasteiger partial charge in [-0.15, -0.1) is 0 Å². The molecular weight excluding hydrogens is 271 g/mol. The van der Waals surface area contributed by atoms with E-state index in [0.717, 1.165) is 31.4 Å². The maximum atomic E-state index is 13.1. The van der Waals surface area contributed by atoms with Gasteiger partial charge in [-0.3, -0.25) is 0 Å². The number of rotatable bonds is 3. The fourth-order valence-corrected chi connectivity index (χ4v) is 3.69. The van der Waals surface area contributed by atoms with E-state index < -0.39 is 0 Å². The van der Waals surface area contributed by atoms with Crippen LogP contribution in [-0.2, 0) is 6.54 Å². The topological polar surface area (TPSA) is 52.6 Å². The SMILES string of the molecule is O=C(NCc1cccc(F)c1)N1CC2CCC1C(CO)C2. The molecule has 4 nitrogen and oxygen atoms in total. The highest BCUT2D eigenvalue weighted by atomic mass is 19.1. The summed E-state index contributed by atoms with van der Waals surface area (Å²) in [6, 6.07) is 6.29. The van der Waals surface area contributed by atoms with Gasteiger partial charge in [0.15, 0.2) is 0 Å². The van der Waals surface area contributed by atoms with Crippen molar-refractivity contribution in [3.05, 3.63) is 35.6 Å². The molecule has 1 aromatic rings. The molecule has 1 aromatic carbocycles. The van der Waals surface area contributed by atoms with Gasteiger partial charge in [0.2, 0.25) is 0 Å². The number of urea groups is 1. The molecule has 5 heteroatoms. The third kappa shape index (κ3) is 3.02. The number of nitrogens with zero attached hydrogens (tertiary/aromatic N) is 1. The largest absolute Gasteiger partial charge is 0.396 e. The number of hydrogen-bond donors (Lipinski definition) is 2.